The highest BCUT2D eigenvalue weighted by Gasteiger charge is 2.69. The summed E-state index contributed by atoms with van der Waals surface area (Å²) >= 11 is 0. The lowest BCUT2D eigenvalue weighted by Crippen LogP contribution is -2.58. The molecular formula is C23H34F2N4O4. The number of nitrogens with two attached hydrogens (primary N) is 2. The van der Waals surface area contributed by atoms with Crippen LogP contribution in [0.1, 0.15) is 58.8 Å². The number of nitrogens with zero attached hydrogens (tertiary/aromatic N) is 1. The number of amides is 3. The topological polar surface area (TPSA) is 136 Å². The van der Waals surface area contributed by atoms with E-state index < -0.39 is 47.6 Å². The molecule has 0 aromatic rings. The summed E-state index contributed by atoms with van der Waals surface area (Å²) in [7, 11) is 0. The van der Waals surface area contributed by atoms with Crippen molar-refractivity contribution in [2.75, 3.05) is 6.54 Å². The van der Waals surface area contributed by atoms with E-state index in [2.05, 4.69) is 5.32 Å². The van der Waals surface area contributed by atoms with Crippen LogP contribution in [-0.4, -0.2) is 59.0 Å². The van der Waals surface area contributed by atoms with E-state index in [0.29, 0.717) is 13.0 Å². The Morgan fingerprint density at radius 2 is 1.70 bits per heavy atom. The van der Waals surface area contributed by atoms with E-state index in [0.717, 1.165) is 12.8 Å². The van der Waals surface area contributed by atoms with Gasteiger partial charge in [0.05, 0.1) is 12.1 Å². The molecule has 1 saturated heterocycles. The van der Waals surface area contributed by atoms with E-state index in [9.17, 15) is 28.0 Å². The number of halogens is 2. The molecule has 0 bridgehead atoms. The van der Waals surface area contributed by atoms with Crippen molar-refractivity contribution < 1.29 is 28.0 Å². The number of primary amides is 1. The van der Waals surface area contributed by atoms with Gasteiger partial charge in [0.1, 0.15) is 6.04 Å². The number of hydrogen-bond donors (Lipinski definition) is 3. The van der Waals surface area contributed by atoms with E-state index in [1.165, 1.54) is 4.90 Å². The number of nitrogens with one attached hydrogen (secondary N) is 1. The van der Waals surface area contributed by atoms with Gasteiger partial charge in [-0.15, -0.1) is 0 Å². The number of fused-ring (bicyclic) bond motifs is 1. The fourth-order valence-electron chi connectivity index (χ4n) is 5.98. The Hall–Kier alpha value is -2.10. The van der Waals surface area contributed by atoms with Crippen molar-refractivity contribution in [1.82, 2.24) is 10.2 Å². The number of carbonyl (C=O) groups is 4. The maximum Gasteiger partial charge on any atom is 0.287 e. The fraction of sp³-hybridized carbons (Fsp3) is 0.826. The third-order valence-electron chi connectivity index (χ3n) is 8.46. The lowest BCUT2D eigenvalue weighted by Gasteiger charge is -2.36. The minimum Gasteiger partial charge on any atom is -0.363 e. The van der Waals surface area contributed by atoms with Crippen LogP contribution in [0.5, 0.6) is 0 Å². The third kappa shape index (κ3) is 4.63. The number of carbonyl (C=O) groups excluding carboxylic acids is 4. The predicted octanol–water partition coefficient (Wildman–Crippen LogP) is 0.962. The number of ketones is 1. The van der Waals surface area contributed by atoms with Gasteiger partial charge in [-0.25, -0.2) is 8.78 Å². The standard InChI is InChI=1S/C23H34F2N4O4/c1-22(2)13-10-29(21(33)16(26)12-5-7-23(24,25)8-6-12)17(15(13)22)20(32)28-14(9-11-3-4-11)18(30)19(27)31/h11-17H,3-10,26H2,1-2H3,(H2,27,31)(H,28,32)/t13-,14+,15-,16-,17-/m0/s1. The second-order valence-corrected chi connectivity index (χ2v) is 11.1. The molecule has 0 unspecified atom stereocenters. The van der Waals surface area contributed by atoms with E-state index in [4.69, 9.17) is 11.5 Å². The summed E-state index contributed by atoms with van der Waals surface area (Å²) in [6.07, 6.45) is 1.96. The molecule has 33 heavy (non-hydrogen) atoms. The molecule has 3 aliphatic carbocycles. The molecule has 4 aliphatic rings. The lowest BCUT2D eigenvalue weighted by molar-refractivity contribution is -0.144. The second kappa shape index (κ2) is 8.29. The molecule has 0 spiro atoms. The van der Waals surface area contributed by atoms with Gasteiger partial charge in [0.2, 0.25) is 23.5 Å². The second-order valence-electron chi connectivity index (χ2n) is 11.1. The highest BCUT2D eigenvalue weighted by atomic mass is 19.3. The van der Waals surface area contributed by atoms with Gasteiger partial charge in [0.25, 0.3) is 5.91 Å². The van der Waals surface area contributed by atoms with E-state index in [1.807, 2.05) is 13.8 Å². The third-order valence-corrected chi connectivity index (χ3v) is 8.46. The first-order valence-electron chi connectivity index (χ1n) is 11.9. The maximum atomic E-state index is 13.5. The molecule has 8 nitrogen and oxygen atoms in total. The highest BCUT2D eigenvalue weighted by Crippen LogP contribution is 2.65. The Morgan fingerprint density at radius 3 is 2.24 bits per heavy atom. The molecule has 4 rings (SSSR count). The van der Waals surface area contributed by atoms with Crippen LogP contribution in [0.4, 0.5) is 8.78 Å². The molecule has 5 atom stereocenters. The molecule has 10 heteroatoms. The van der Waals surface area contributed by atoms with Crippen LogP contribution < -0.4 is 16.8 Å². The van der Waals surface area contributed by atoms with Gasteiger partial charge in [-0.1, -0.05) is 26.7 Å². The van der Waals surface area contributed by atoms with Gasteiger partial charge >= 0.3 is 0 Å². The summed E-state index contributed by atoms with van der Waals surface area (Å²) in [4.78, 5) is 51.9. The van der Waals surface area contributed by atoms with Gasteiger partial charge in [0, 0.05) is 19.4 Å². The first kappa shape index (κ1) is 24.0. The number of Topliss-reactive ketones (excluding diaryl/α,β-unsaturated/α-hetero) is 1. The fourth-order valence-corrected chi connectivity index (χ4v) is 5.98. The molecule has 0 aromatic heterocycles. The van der Waals surface area contributed by atoms with Crippen molar-refractivity contribution in [3.8, 4) is 0 Å². The molecule has 1 aliphatic heterocycles. The van der Waals surface area contributed by atoms with E-state index in [-0.39, 0.29) is 54.8 Å². The van der Waals surface area contributed by atoms with Crippen molar-refractivity contribution in [1.29, 1.82) is 0 Å². The molecule has 3 saturated carbocycles. The smallest absolute Gasteiger partial charge is 0.287 e. The highest BCUT2D eigenvalue weighted by molar-refractivity contribution is 6.37. The molecule has 0 aromatic carbocycles. The van der Waals surface area contributed by atoms with Gasteiger partial charge in [-0.05, 0) is 48.3 Å². The van der Waals surface area contributed by atoms with Crippen molar-refractivity contribution in [2.24, 2.45) is 40.6 Å². The summed E-state index contributed by atoms with van der Waals surface area (Å²) < 4.78 is 27.1. The SMILES string of the molecule is CC1(C)[C@@H]2[C@@H](C(=O)N[C@H](CC3CC3)C(=O)C(N)=O)N(C(=O)[C@@H](N)C3CCC(F)(F)CC3)C[C@@H]21. The average molecular weight is 469 g/mol. The number of rotatable bonds is 8. The molecule has 5 N–H and O–H groups in total. The monoisotopic (exact) mass is 468 g/mol. The molecule has 3 amide bonds. The van der Waals surface area contributed by atoms with Crippen molar-refractivity contribution >= 4 is 23.5 Å². The zero-order chi connectivity index (χ0) is 24.3. The van der Waals surface area contributed by atoms with Crippen molar-refractivity contribution in [3.63, 3.8) is 0 Å². The quantitative estimate of drug-likeness (QED) is 0.456. The minimum atomic E-state index is -2.72. The first-order valence-corrected chi connectivity index (χ1v) is 11.9. The van der Waals surface area contributed by atoms with E-state index >= 15 is 0 Å². The molecule has 0 radical (unpaired) electrons. The van der Waals surface area contributed by atoms with Crippen LogP contribution in [0.15, 0.2) is 0 Å². The van der Waals surface area contributed by atoms with Crippen LogP contribution in [0.3, 0.4) is 0 Å². The van der Waals surface area contributed by atoms with Gasteiger partial charge in [-0.3, -0.25) is 19.2 Å². The van der Waals surface area contributed by atoms with Crippen molar-refractivity contribution in [2.45, 2.75) is 82.8 Å². The largest absolute Gasteiger partial charge is 0.363 e. The van der Waals surface area contributed by atoms with Gasteiger partial charge < -0.3 is 21.7 Å². The summed E-state index contributed by atoms with van der Waals surface area (Å²) in [5.41, 5.74) is 11.3. The number of hydrogen-bond acceptors (Lipinski definition) is 5. The minimum absolute atomic E-state index is 0.0883. The van der Waals surface area contributed by atoms with Gasteiger partial charge in [0.15, 0.2) is 0 Å². The van der Waals surface area contributed by atoms with Crippen molar-refractivity contribution in [3.05, 3.63) is 0 Å². The summed E-state index contributed by atoms with van der Waals surface area (Å²) in [5.74, 6) is -5.60. The first-order chi connectivity index (χ1) is 15.3. The Kier molecular flexibility index (Phi) is 6.04. The normalized spacial score (nSPS) is 31.9. The molecule has 184 valence electrons. The van der Waals surface area contributed by atoms with Crippen LogP contribution in [0.2, 0.25) is 0 Å². The Morgan fingerprint density at radius 1 is 1.09 bits per heavy atom. The lowest BCUT2D eigenvalue weighted by atomic mass is 9.81. The average Bonchev–Trinajstić information content (AvgIpc) is 3.59. The van der Waals surface area contributed by atoms with Crippen LogP contribution in [0, 0.1) is 29.1 Å². The van der Waals surface area contributed by atoms with Crippen LogP contribution in [-0.2, 0) is 19.2 Å². The Balaban J connectivity index is 1.48. The number of likely N-dealkylation sites (tertiary alicyclic amines) is 1. The van der Waals surface area contributed by atoms with Crippen LogP contribution >= 0.6 is 0 Å². The molecular weight excluding hydrogens is 434 g/mol. The zero-order valence-electron chi connectivity index (χ0n) is 19.2. The summed E-state index contributed by atoms with van der Waals surface area (Å²) in [5, 5.41) is 2.70. The summed E-state index contributed by atoms with van der Waals surface area (Å²) in [6, 6.07) is -2.77. The predicted molar refractivity (Wildman–Crippen MR) is 115 cm³/mol. The Bertz CT molecular complexity index is 849. The van der Waals surface area contributed by atoms with Gasteiger partial charge in [-0.2, -0.15) is 0 Å². The maximum absolute atomic E-state index is 13.5. The Labute approximate surface area is 192 Å². The zero-order valence-corrected chi connectivity index (χ0v) is 19.2. The summed E-state index contributed by atoms with van der Waals surface area (Å²) in [6.45, 7) is 4.43. The van der Waals surface area contributed by atoms with Crippen LogP contribution in [0.25, 0.3) is 0 Å². The molecule has 4 fully saturated rings. The molecule has 1 heterocycles. The number of piperidine rings is 1. The number of alkyl halides is 2. The van der Waals surface area contributed by atoms with E-state index in [1.54, 1.807) is 0 Å².